The van der Waals surface area contributed by atoms with Gasteiger partial charge in [0.15, 0.2) is 11.2 Å². The van der Waals surface area contributed by atoms with Crippen molar-refractivity contribution in [3.63, 3.8) is 0 Å². The molecule has 0 unspecified atom stereocenters. The van der Waals surface area contributed by atoms with Crippen LogP contribution in [0.15, 0.2) is 65.7 Å². The highest BCUT2D eigenvalue weighted by atomic mass is 16.5. The van der Waals surface area contributed by atoms with Crippen molar-refractivity contribution in [3.8, 4) is 0 Å². The largest absolute Gasteiger partial charge is 0.462 e. The average molecular weight is 445 g/mol. The maximum atomic E-state index is 12.6. The molecule has 168 valence electrons. The smallest absolute Gasteiger partial charge is 0.338 e. The molecule has 0 aliphatic carbocycles. The first-order valence-corrected chi connectivity index (χ1v) is 10.6. The maximum absolute atomic E-state index is 12.6. The zero-order chi connectivity index (χ0) is 23.2. The molecule has 9 nitrogen and oxygen atoms in total. The van der Waals surface area contributed by atoms with Crippen LogP contribution in [0.5, 0.6) is 0 Å². The number of aryl methyl sites for hydroxylation is 1. The van der Waals surface area contributed by atoms with E-state index < -0.39 is 5.97 Å². The van der Waals surface area contributed by atoms with E-state index in [0.29, 0.717) is 42.3 Å². The summed E-state index contributed by atoms with van der Waals surface area (Å²) < 4.78 is 6.77. The van der Waals surface area contributed by atoms with Gasteiger partial charge in [0.25, 0.3) is 5.56 Å². The van der Waals surface area contributed by atoms with Crippen LogP contribution in [0, 0.1) is 0 Å². The van der Waals surface area contributed by atoms with E-state index in [1.807, 2.05) is 30.3 Å². The van der Waals surface area contributed by atoms with E-state index in [1.165, 1.54) is 6.33 Å². The van der Waals surface area contributed by atoms with Gasteiger partial charge in [0.05, 0.1) is 18.5 Å². The number of hydrogen-bond donors (Lipinski definition) is 2. The number of nitrogens with zero attached hydrogens (tertiary/aromatic N) is 3. The number of amides is 1. The Hall–Kier alpha value is -4.27. The lowest BCUT2D eigenvalue weighted by atomic mass is 10.1. The van der Waals surface area contributed by atoms with Gasteiger partial charge in [0, 0.05) is 25.1 Å². The molecule has 2 aromatic heterocycles. The number of imidazole rings is 1. The molecule has 0 radical (unpaired) electrons. The monoisotopic (exact) mass is 445 g/mol. The second-order valence-corrected chi connectivity index (χ2v) is 7.34. The molecule has 2 heterocycles. The molecule has 0 spiro atoms. The SMILES string of the molecule is CCOC(=O)c1ccc(NC(=O)CCn2c(Cc3ccccc3)nc3c(=O)[nH]cnc32)cc1. The highest BCUT2D eigenvalue weighted by Gasteiger charge is 2.16. The van der Waals surface area contributed by atoms with Gasteiger partial charge in [-0.25, -0.2) is 14.8 Å². The molecule has 0 atom stereocenters. The standard InChI is InChI=1S/C24H23N5O4/c1-2-33-24(32)17-8-10-18(11-9-17)27-20(30)12-13-29-19(14-16-6-4-3-5-7-16)28-21-22(29)25-15-26-23(21)31/h3-11,15H,2,12-14H2,1H3,(H,27,30)(H,25,26,31). The van der Waals surface area contributed by atoms with Crippen molar-refractivity contribution in [2.24, 2.45) is 0 Å². The summed E-state index contributed by atoms with van der Waals surface area (Å²) in [4.78, 5) is 47.9. The van der Waals surface area contributed by atoms with Crippen LogP contribution < -0.4 is 10.9 Å². The second-order valence-electron chi connectivity index (χ2n) is 7.34. The zero-order valence-electron chi connectivity index (χ0n) is 18.1. The Bertz CT molecular complexity index is 1330. The molecule has 9 heteroatoms. The van der Waals surface area contributed by atoms with E-state index in [0.717, 1.165) is 5.56 Å². The van der Waals surface area contributed by atoms with Gasteiger partial charge in [0.2, 0.25) is 5.91 Å². The molecule has 0 saturated carbocycles. The highest BCUT2D eigenvalue weighted by molar-refractivity contribution is 5.93. The number of aromatic nitrogens is 4. The number of esters is 1. The van der Waals surface area contributed by atoms with Crippen molar-refractivity contribution >= 4 is 28.7 Å². The summed E-state index contributed by atoms with van der Waals surface area (Å²) >= 11 is 0. The summed E-state index contributed by atoms with van der Waals surface area (Å²) in [5.41, 5.74) is 2.40. The van der Waals surface area contributed by atoms with Gasteiger partial charge in [-0.3, -0.25) is 9.59 Å². The van der Waals surface area contributed by atoms with Crippen LogP contribution in [0.1, 0.15) is 35.1 Å². The molecule has 0 saturated heterocycles. The predicted octanol–water partition coefficient (Wildman–Crippen LogP) is 2.92. The fourth-order valence-corrected chi connectivity index (χ4v) is 3.48. The summed E-state index contributed by atoms with van der Waals surface area (Å²) in [7, 11) is 0. The number of benzene rings is 2. The molecule has 2 aromatic carbocycles. The lowest BCUT2D eigenvalue weighted by molar-refractivity contribution is -0.116. The number of carbonyl (C=O) groups excluding carboxylic acids is 2. The number of rotatable bonds is 8. The van der Waals surface area contributed by atoms with Crippen LogP contribution >= 0.6 is 0 Å². The molecule has 33 heavy (non-hydrogen) atoms. The third-order valence-corrected chi connectivity index (χ3v) is 5.06. The van der Waals surface area contributed by atoms with Crippen LogP contribution in [-0.2, 0) is 22.5 Å². The van der Waals surface area contributed by atoms with Gasteiger partial charge >= 0.3 is 5.97 Å². The maximum Gasteiger partial charge on any atom is 0.338 e. The lowest BCUT2D eigenvalue weighted by Crippen LogP contribution is -2.16. The molecule has 1 amide bonds. The molecule has 4 rings (SSSR count). The third kappa shape index (κ3) is 5.15. The van der Waals surface area contributed by atoms with Crippen LogP contribution in [-0.4, -0.2) is 38.0 Å². The van der Waals surface area contributed by atoms with E-state index in [2.05, 4.69) is 20.3 Å². The normalized spacial score (nSPS) is 10.8. The number of ether oxygens (including phenoxy) is 1. The average Bonchev–Trinajstić information content (AvgIpc) is 3.17. The molecule has 0 bridgehead atoms. The van der Waals surface area contributed by atoms with Crippen molar-refractivity contribution in [2.45, 2.75) is 26.3 Å². The van der Waals surface area contributed by atoms with Gasteiger partial charge in [-0.05, 0) is 36.8 Å². The number of fused-ring (bicyclic) bond motifs is 1. The summed E-state index contributed by atoms with van der Waals surface area (Å²) in [5, 5.41) is 2.82. The van der Waals surface area contributed by atoms with E-state index in [4.69, 9.17) is 4.74 Å². The Morgan fingerprint density at radius 2 is 1.85 bits per heavy atom. The molecule has 4 aromatic rings. The number of aromatic amines is 1. The minimum absolute atomic E-state index is 0.154. The number of hydrogen-bond acceptors (Lipinski definition) is 6. The molecular weight excluding hydrogens is 422 g/mol. The first-order chi connectivity index (χ1) is 16.0. The fraction of sp³-hybridized carbons (Fsp3) is 0.208. The lowest BCUT2D eigenvalue weighted by Gasteiger charge is -2.10. The highest BCUT2D eigenvalue weighted by Crippen LogP contribution is 2.16. The zero-order valence-corrected chi connectivity index (χ0v) is 18.1. The molecule has 0 aliphatic rings. The van der Waals surface area contributed by atoms with Crippen LogP contribution in [0.3, 0.4) is 0 Å². The number of nitrogens with one attached hydrogen (secondary N) is 2. The summed E-state index contributed by atoms with van der Waals surface area (Å²) in [6.45, 7) is 2.35. The summed E-state index contributed by atoms with van der Waals surface area (Å²) in [6, 6.07) is 16.3. The predicted molar refractivity (Wildman–Crippen MR) is 123 cm³/mol. The minimum Gasteiger partial charge on any atom is -0.462 e. The molecule has 0 aliphatic heterocycles. The second kappa shape index (κ2) is 9.90. The van der Waals surface area contributed by atoms with Crippen molar-refractivity contribution < 1.29 is 14.3 Å². The van der Waals surface area contributed by atoms with Crippen molar-refractivity contribution in [3.05, 3.63) is 88.2 Å². The van der Waals surface area contributed by atoms with E-state index >= 15 is 0 Å². The van der Waals surface area contributed by atoms with Gasteiger partial charge in [-0.15, -0.1) is 0 Å². The first kappa shape index (κ1) is 21.9. The summed E-state index contributed by atoms with van der Waals surface area (Å²) in [5.74, 6) is 0.0408. The summed E-state index contributed by atoms with van der Waals surface area (Å²) in [6.07, 6.45) is 2.00. The van der Waals surface area contributed by atoms with Crippen molar-refractivity contribution in [1.29, 1.82) is 0 Å². The molecule has 0 fully saturated rings. The van der Waals surface area contributed by atoms with Crippen LogP contribution in [0.4, 0.5) is 5.69 Å². The quantitative estimate of drug-likeness (QED) is 0.403. The van der Waals surface area contributed by atoms with Crippen LogP contribution in [0.2, 0.25) is 0 Å². The first-order valence-electron chi connectivity index (χ1n) is 10.6. The Labute approximate surface area is 189 Å². The number of carbonyl (C=O) groups is 2. The third-order valence-electron chi connectivity index (χ3n) is 5.06. The van der Waals surface area contributed by atoms with E-state index in [9.17, 15) is 14.4 Å². The van der Waals surface area contributed by atoms with Gasteiger partial charge < -0.3 is 19.6 Å². The van der Waals surface area contributed by atoms with Crippen molar-refractivity contribution in [1.82, 2.24) is 19.5 Å². The molecular formula is C24H23N5O4. The van der Waals surface area contributed by atoms with E-state index in [1.54, 1.807) is 35.8 Å². The minimum atomic E-state index is -0.407. The Kier molecular flexibility index (Phi) is 6.58. The van der Waals surface area contributed by atoms with Crippen LogP contribution in [0.25, 0.3) is 11.2 Å². The Morgan fingerprint density at radius 3 is 2.58 bits per heavy atom. The van der Waals surface area contributed by atoms with Gasteiger partial charge in [0.1, 0.15) is 5.82 Å². The topological polar surface area (TPSA) is 119 Å². The van der Waals surface area contributed by atoms with Gasteiger partial charge in [-0.1, -0.05) is 30.3 Å². The van der Waals surface area contributed by atoms with Crippen molar-refractivity contribution in [2.75, 3.05) is 11.9 Å². The van der Waals surface area contributed by atoms with E-state index in [-0.39, 0.29) is 23.4 Å². The van der Waals surface area contributed by atoms with Gasteiger partial charge in [-0.2, -0.15) is 0 Å². The number of H-pyrrole nitrogens is 1. The Balaban J connectivity index is 1.48. The fourth-order valence-electron chi connectivity index (χ4n) is 3.48. The number of anilines is 1. The Morgan fingerprint density at radius 1 is 1.09 bits per heavy atom. The molecule has 2 N–H and O–H groups in total.